The molecule has 0 amide bonds. The summed E-state index contributed by atoms with van der Waals surface area (Å²) in [5.41, 5.74) is 2.00. The molecule has 0 aliphatic carbocycles. The van der Waals surface area contributed by atoms with Crippen LogP contribution >= 0.6 is 11.3 Å². The number of hydrogen-bond donors (Lipinski definition) is 1. The van der Waals surface area contributed by atoms with Gasteiger partial charge in [-0.15, -0.1) is 21.5 Å². The number of nitrogens with zero attached hydrogens (tertiary/aromatic N) is 3. The van der Waals surface area contributed by atoms with Crippen LogP contribution < -0.4 is 4.90 Å². The topological polar surface area (TPSA) is 56.2 Å². The van der Waals surface area contributed by atoms with E-state index < -0.39 is 0 Å². The van der Waals surface area contributed by atoms with E-state index >= 15 is 0 Å². The van der Waals surface area contributed by atoms with E-state index in [0.29, 0.717) is 18.3 Å². The maximum absolute atomic E-state index is 5.83. The molecular formula is C19H19N4OS+. The van der Waals surface area contributed by atoms with Crippen molar-refractivity contribution in [2.45, 2.75) is 19.5 Å². The Bertz CT molecular complexity index is 946. The van der Waals surface area contributed by atoms with E-state index in [2.05, 4.69) is 42.4 Å². The first kappa shape index (κ1) is 15.9. The lowest BCUT2D eigenvalue weighted by atomic mass is 10.2. The molecule has 0 fully saturated rings. The highest BCUT2D eigenvalue weighted by Crippen LogP contribution is 2.25. The smallest absolute Gasteiger partial charge is 0.271 e. The van der Waals surface area contributed by atoms with Crippen LogP contribution in [-0.2, 0) is 6.54 Å². The summed E-state index contributed by atoms with van der Waals surface area (Å²) >= 11 is 1.75. The fourth-order valence-corrected chi connectivity index (χ4v) is 3.81. The Morgan fingerprint density at radius 3 is 2.60 bits per heavy atom. The van der Waals surface area contributed by atoms with Crippen molar-refractivity contribution < 1.29 is 9.32 Å². The first-order valence-electron chi connectivity index (χ1n) is 8.26. The number of nitrogens with one attached hydrogen (secondary N) is 1. The van der Waals surface area contributed by atoms with Gasteiger partial charge in [0.25, 0.3) is 5.89 Å². The Hall–Kier alpha value is -2.57. The molecule has 1 N–H and O–H groups in total. The first-order valence-corrected chi connectivity index (χ1v) is 9.08. The summed E-state index contributed by atoms with van der Waals surface area (Å²) in [4.78, 5) is 6.03. The van der Waals surface area contributed by atoms with Crippen LogP contribution in [-0.4, -0.2) is 22.2 Å². The highest BCUT2D eigenvalue weighted by molar-refractivity contribution is 7.18. The zero-order chi connectivity index (χ0) is 17.2. The quantitative estimate of drug-likeness (QED) is 0.600. The molecule has 0 radical (unpaired) electrons. The van der Waals surface area contributed by atoms with E-state index in [9.17, 15) is 0 Å². The summed E-state index contributed by atoms with van der Waals surface area (Å²) in [6.45, 7) is 2.85. The molecule has 5 nitrogen and oxygen atoms in total. The lowest BCUT2D eigenvalue weighted by molar-refractivity contribution is -0.925. The molecule has 0 bridgehead atoms. The van der Waals surface area contributed by atoms with Gasteiger partial charge in [0.05, 0.1) is 17.3 Å². The largest absolute Gasteiger partial charge is 0.415 e. The molecule has 0 aliphatic heterocycles. The molecular weight excluding hydrogens is 332 g/mol. The number of hydrogen-bond acceptors (Lipinski definition) is 5. The van der Waals surface area contributed by atoms with Gasteiger partial charge in [0.2, 0.25) is 5.89 Å². The normalized spacial score (nSPS) is 13.8. The molecule has 0 aliphatic rings. The van der Waals surface area contributed by atoms with Crippen LogP contribution in [0.25, 0.3) is 21.7 Å². The maximum Gasteiger partial charge on any atom is 0.271 e. The van der Waals surface area contributed by atoms with Crippen LogP contribution in [0.2, 0.25) is 0 Å². The molecule has 2 aromatic heterocycles. The van der Waals surface area contributed by atoms with Gasteiger partial charge in [0.1, 0.15) is 6.04 Å². The molecule has 6 heteroatoms. The number of para-hydroxylation sites is 1. The van der Waals surface area contributed by atoms with Gasteiger partial charge in [-0.1, -0.05) is 30.3 Å². The van der Waals surface area contributed by atoms with E-state index in [1.165, 1.54) is 9.60 Å². The summed E-state index contributed by atoms with van der Waals surface area (Å²) in [7, 11) is 2.13. The van der Waals surface area contributed by atoms with Gasteiger partial charge in [-0.2, -0.15) is 0 Å². The molecule has 0 saturated carbocycles. The van der Waals surface area contributed by atoms with E-state index in [1.54, 1.807) is 11.3 Å². The third-order valence-corrected chi connectivity index (χ3v) is 5.56. The van der Waals surface area contributed by atoms with Gasteiger partial charge >= 0.3 is 0 Å². The van der Waals surface area contributed by atoms with E-state index in [1.807, 2.05) is 36.4 Å². The second kappa shape index (κ2) is 6.74. The minimum Gasteiger partial charge on any atom is -0.415 e. The van der Waals surface area contributed by atoms with Crippen molar-refractivity contribution in [2.24, 2.45) is 0 Å². The molecule has 0 spiro atoms. The summed E-state index contributed by atoms with van der Waals surface area (Å²) in [6.07, 6.45) is 0. The van der Waals surface area contributed by atoms with Crippen molar-refractivity contribution in [3.63, 3.8) is 0 Å². The summed E-state index contributed by atoms with van der Waals surface area (Å²) in [5, 5.41) is 9.49. The Morgan fingerprint density at radius 1 is 1.04 bits per heavy atom. The predicted octanol–water partition coefficient (Wildman–Crippen LogP) is 3.12. The van der Waals surface area contributed by atoms with Crippen molar-refractivity contribution in [1.29, 1.82) is 0 Å². The lowest BCUT2D eigenvalue weighted by Gasteiger charge is -2.17. The molecule has 2 heterocycles. The molecule has 1 unspecified atom stereocenters. The Labute approximate surface area is 150 Å². The number of rotatable bonds is 5. The Balaban J connectivity index is 1.49. The van der Waals surface area contributed by atoms with E-state index in [4.69, 9.17) is 9.40 Å². The predicted molar refractivity (Wildman–Crippen MR) is 98.4 cm³/mol. The summed E-state index contributed by atoms with van der Waals surface area (Å²) in [6, 6.07) is 18.3. The highest BCUT2D eigenvalue weighted by Gasteiger charge is 2.22. The molecule has 4 aromatic rings. The number of fused-ring (bicyclic) bond motifs is 1. The van der Waals surface area contributed by atoms with Gasteiger partial charge in [0, 0.05) is 5.56 Å². The van der Waals surface area contributed by atoms with Crippen molar-refractivity contribution in [1.82, 2.24) is 15.2 Å². The third-order valence-electron chi connectivity index (χ3n) is 4.34. The lowest BCUT2D eigenvalue weighted by Crippen LogP contribution is -3.07. The van der Waals surface area contributed by atoms with Crippen LogP contribution in [0.15, 0.2) is 59.0 Å². The summed E-state index contributed by atoms with van der Waals surface area (Å²) < 4.78 is 7.05. The van der Waals surface area contributed by atoms with Crippen molar-refractivity contribution in [3.05, 3.63) is 65.5 Å². The van der Waals surface area contributed by atoms with Gasteiger partial charge in [-0.3, -0.25) is 0 Å². The average Bonchev–Trinajstić information content (AvgIpc) is 3.28. The number of benzene rings is 2. The minimum atomic E-state index is 0.254. The minimum absolute atomic E-state index is 0.254. The average molecular weight is 351 g/mol. The van der Waals surface area contributed by atoms with Crippen LogP contribution in [0.3, 0.4) is 0 Å². The van der Waals surface area contributed by atoms with Crippen LogP contribution in [0.1, 0.15) is 23.9 Å². The van der Waals surface area contributed by atoms with E-state index in [0.717, 1.165) is 16.1 Å². The van der Waals surface area contributed by atoms with E-state index in [-0.39, 0.29) is 6.04 Å². The maximum atomic E-state index is 5.83. The molecule has 2 atom stereocenters. The molecule has 2 aromatic carbocycles. The number of aromatic nitrogens is 3. The molecule has 0 saturated heterocycles. The fraction of sp³-hybridized carbons (Fsp3) is 0.211. The first-order chi connectivity index (χ1) is 12.2. The standard InChI is InChI=1S/C19H18N4OS/c1-13(19-20-15-10-6-7-11-16(15)25-19)23(2)12-17-21-22-18(24-17)14-8-4-3-5-9-14/h3-11,13H,12H2,1-2H3/p+1/t13-/m0/s1. The number of quaternary nitrogens is 1. The van der Waals surface area contributed by atoms with Gasteiger partial charge < -0.3 is 9.32 Å². The van der Waals surface area contributed by atoms with Crippen molar-refractivity contribution in [3.8, 4) is 11.5 Å². The van der Waals surface area contributed by atoms with Crippen molar-refractivity contribution >= 4 is 21.6 Å². The molecule has 4 rings (SSSR count). The summed E-state index contributed by atoms with van der Waals surface area (Å²) in [5.74, 6) is 1.21. The zero-order valence-corrected chi connectivity index (χ0v) is 15.0. The van der Waals surface area contributed by atoms with Gasteiger partial charge in [-0.25, -0.2) is 4.98 Å². The monoisotopic (exact) mass is 351 g/mol. The zero-order valence-electron chi connectivity index (χ0n) is 14.1. The SMILES string of the molecule is C[C@@H](c1nc2ccccc2s1)[NH+](C)Cc1nnc(-c2ccccc2)o1. The fourth-order valence-electron chi connectivity index (χ4n) is 2.70. The Kier molecular flexibility index (Phi) is 4.29. The Morgan fingerprint density at radius 2 is 1.80 bits per heavy atom. The highest BCUT2D eigenvalue weighted by atomic mass is 32.1. The molecule has 25 heavy (non-hydrogen) atoms. The molecule has 126 valence electrons. The number of thiazole rings is 1. The second-order valence-corrected chi connectivity index (χ2v) is 7.19. The van der Waals surface area contributed by atoms with Gasteiger partial charge in [-0.05, 0) is 31.2 Å². The van der Waals surface area contributed by atoms with Crippen LogP contribution in [0.4, 0.5) is 0 Å². The van der Waals surface area contributed by atoms with Crippen molar-refractivity contribution in [2.75, 3.05) is 7.05 Å². The van der Waals surface area contributed by atoms with Crippen LogP contribution in [0, 0.1) is 0 Å². The third kappa shape index (κ3) is 3.31. The second-order valence-electron chi connectivity index (χ2n) is 6.13. The van der Waals surface area contributed by atoms with Gasteiger partial charge in [0.15, 0.2) is 11.6 Å². The van der Waals surface area contributed by atoms with Crippen LogP contribution in [0.5, 0.6) is 0 Å².